The molecule has 0 radical (unpaired) electrons. The number of aromatic hydroxyl groups is 2. The lowest BCUT2D eigenvalue weighted by Crippen LogP contribution is -2.18. The van der Waals surface area contributed by atoms with Gasteiger partial charge in [-0.15, -0.1) is 0 Å². The summed E-state index contributed by atoms with van der Waals surface area (Å²) in [5, 5.41) is 29.4. The van der Waals surface area contributed by atoms with E-state index in [4.69, 9.17) is 0 Å². The third-order valence-electron chi connectivity index (χ3n) is 3.42. The topological polar surface area (TPSA) is 82.7 Å². The fourth-order valence-electron chi connectivity index (χ4n) is 2.36. The predicted octanol–water partition coefficient (Wildman–Crippen LogP) is 2.66. The number of hydrogen-bond donors (Lipinski definition) is 3. The van der Waals surface area contributed by atoms with Gasteiger partial charge < -0.3 is 15.3 Å². The van der Waals surface area contributed by atoms with E-state index in [0.717, 1.165) is 0 Å². The molecular weight excluding hydrogens is 350 g/mol. The number of rotatable bonds is 2. The van der Waals surface area contributed by atoms with Gasteiger partial charge in [0.1, 0.15) is 11.5 Å². The zero-order valence-corrected chi connectivity index (χ0v) is 12.9. The average molecular weight is 362 g/mol. The first-order chi connectivity index (χ1) is 10.5. The summed E-state index contributed by atoms with van der Waals surface area (Å²) in [5.74, 6) is -0.0764. The SMILES string of the molecule is O=c1c2c(O)cc(CO)cc2c(Br)cn1-c1ccc(O)cc1. The minimum atomic E-state index is -0.383. The molecule has 0 bridgehead atoms. The predicted molar refractivity (Wildman–Crippen MR) is 86.5 cm³/mol. The van der Waals surface area contributed by atoms with E-state index in [1.807, 2.05) is 0 Å². The maximum atomic E-state index is 12.6. The molecule has 0 saturated heterocycles. The second-order valence-corrected chi connectivity index (χ2v) is 5.72. The van der Waals surface area contributed by atoms with Crippen LogP contribution >= 0.6 is 15.9 Å². The number of aromatic nitrogens is 1. The molecular formula is C16H12BrNO4. The molecule has 3 aromatic rings. The molecule has 0 atom stereocenters. The Morgan fingerprint density at radius 2 is 1.77 bits per heavy atom. The van der Waals surface area contributed by atoms with Crippen molar-refractivity contribution in [2.45, 2.75) is 6.61 Å². The first-order valence-corrected chi connectivity index (χ1v) is 7.27. The summed E-state index contributed by atoms with van der Waals surface area (Å²) in [6.45, 7) is -0.225. The van der Waals surface area contributed by atoms with Crippen molar-refractivity contribution < 1.29 is 15.3 Å². The van der Waals surface area contributed by atoms with Crippen LogP contribution in [0.5, 0.6) is 11.5 Å². The van der Waals surface area contributed by atoms with E-state index >= 15 is 0 Å². The summed E-state index contributed by atoms with van der Waals surface area (Å²) in [5.41, 5.74) is 0.703. The largest absolute Gasteiger partial charge is 0.508 e. The molecule has 0 fully saturated rings. The summed E-state index contributed by atoms with van der Waals surface area (Å²) in [6, 6.07) is 9.20. The van der Waals surface area contributed by atoms with Gasteiger partial charge in [-0.05, 0) is 57.9 Å². The van der Waals surface area contributed by atoms with Crippen LogP contribution in [0.15, 0.2) is 51.9 Å². The number of phenolic OH excluding ortho intramolecular Hbond substituents is 2. The summed E-state index contributed by atoms with van der Waals surface area (Å²) in [6.07, 6.45) is 1.59. The highest BCUT2D eigenvalue weighted by Crippen LogP contribution is 2.30. The Hall–Kier alpha value is -2.31. The zero-order valence-electron chi connectivity index (χ0n) is 11.3. The van der Waals surface area contributed by atoms with Crippen molar-refractivity contribution in [3.05, 3.63) is 63.0 Å². The lowest BCUT2D eigenvalue weighted by Gasteiger charge is -2.11. The fourth-order valence-corrected chi connectivity index (χ4v) is 2.87. The molecule has 0 saturated carbocycles. The molecule has 0 amide bonds. The van der Waals surface area contributed by atoms with Crippen LogP contribution in [0.2, 0.25) is 0 Å². The van der Waals surface area contributed by atoms with Crippen LogP contribution in [0.1, 0.15) is 5.56 Å². The van der Waals surface area contributed by atoms with E-state index in [1.165, 1.54) is 22.8 Å². The highest BCUT2D eigenvalue weighted by Gasteiger charge is 2.13. The van der Waals surface area contributed by atoms with Crippen molar-refractivity contribution in [3.63, 3.8) is 0 Å². The number of aliphatic hydroxyl groups is 1. The van der Waals surface area contributed by atoms with Crippen LogP contribution in [-0.4, -0.2) is 19.9 Å². The van der Waals surface area contributed by atoms with E-state index in [1.54, 1.807) is 24.4 Å². The van der Waals surface area contributed by atoms with Crippen LogP contribution in [0.3, 0.4) is 0 Å². The first kappa shape index (κ1) is 14.6. The number of halogens is 1. The highest BCUT2D eigenvalue weighted by molar-refractivity contribution is 9.10. The van der Waals surface area contributed by atoms with E-state index in [0.29, 0.717) is 21.1 Å². The number of hydrogen-bond acceptors (Lipinski definition) is 4. The Bertz CT molecular complexity index is 916. The van der Waals surface area contributed by atoms with Crippen molar-refractivity contribution in [1.82, 2.24) is 4.57 Å². The van der Waals surface area contributed by atoms with Crippen molar-refractivity contribution in [3.8, 4) is 17.2 Å². The van der Waals surface area contributed by atoms with Gasteiger partial charge in [0.15, 0.2) is 0 Å². The summed E-state index contributed by atoms with van der Waals surface area (Å²) in [7, 11) is 0. The number of fused-ring (bicyclic) bond motifs is 1. The normalized spacial score (nSPS) is 11.0. The van der Waals surface area contributed by atoms with Gasteiger partial charge in [-0.25, -0.2) is 0 Å². The second kappa shape index (κ2) is 5.47. The number of phenols is 2. The molecule has 0 spiro atoms. The molecule has 6 heteroatoms. The van der Waals surface area contributed by atoms with Crippen molar-refractivity contribution in [2.75, 3.05) is 0 Å². The fraction of sp³-hybridized carbons (Fsp3) is 0.0625. The molecule has 22 heavy (non-hydrogen) atoms. The summed E-state index contributed by atoms with van der Waals surface area (Å²) < 4.78 is 1.99. The molecule has 0 aliphatic rings. The molecule has 0 aliphatic heterocycles. The number of nitrogens with zero attached hydrogens (tertiary/aromatic N) is 1. The van der Waals surface area contributed by atoms with Crippen LogP contribution in [-0.2, 0) is 6.61 Å². The maximum Gasteiger partial charge on any atom is 0.266 e. The van der Waals surface area contributed by atoms with Gasteiger partial charge in [0.25, 0.3) is 5.56 Å². The van der Waals surface area contributed by atoms with Gasteiger partial charge in [0.05, 0.1) is 12.0 Å². The van der Waals surface area contributed by atoms with E-state index in [2.05, 4.69) is 15.9 Å². The Labute approximate surface area is 133 Å². The molecule has 0 unspecified atom stereocenters. The van der Waals surface area contributed by atoms with Gasteiger partial charge in [-0.2, -0.15) is 0 Å². The maximum absolute atomic E-state index is 12.6. The Morgan fingerprint density at radius 3 is 2.41 bits per heavy atom. The minimum Gasteiger partial charge on any atom is -0.508 e. The number of pyridine rings is 1. The van der Waals surface area contributed by atoms with E-state index in [-0.39, 0.29) is 29.1 Å². The second-order valence-electron chi connectivity index (χ2n) is 4.86. The minimum absolute atomic E-state index is 0.104. The zero-order chi connectivity index (χ0) is 15.9. The molecule has 3 rings (SSSR count). The Kier molecular flexibility index (Phi) is 3.64. The highest BCUT2D eigenvalue weighted by atomic mass is 79.9. The molecule has 3 N–H and O–H groups in total. The van der Waals surface area contributed by atoms with Gasteiger partial charge >= 0.3 is 0 Å². The third kappa shape index (κ3) is 2.36. The van der Waals surface area contributed by atoms with E-state index in [9.17, 15) is 20.1 Å². The smallest absolute Gasteiger partial charge is 0.266 e. The van der Waals surface area contributed by atoms with E-state index < -0.39 is 0 Å². The monoisotopic (exact) mass is 361 g/mol. The van der Waals surface area contributed by atoms with Crippen LogP contribution in [0.25, 0.3) is 16.5 Å². The standard InChI is InChI=1S/C16H12BrNO4/c17-13-7-18(10-1-3-11(20)4-2-10)16(22)15-12(13)5-9(8-19)6-14(15)21/h1-7,19-21H,8H2. The first-order valence-electron chi connectivity index (χ1n) is 6.48. The van der Waals surface area contributed by atoms with Crippen molar-refractivity contribution in [2.24, 2.45) is 0 Å². The molecule has 1 heterocycles. The van der Waals surface area contributed by atoms with Gasteiger partial charge in [-0.3, -0.25) is 9.36 Å². The molecule has 5 nitrogen and oxygen atoms in total. The lowest BCUT2D eigenvalue weighted by atomic mass is 10.1. The molecule has 112 valence electrons. The molecule has 2 aromatic carbocycles. The van der Waals surface area contributed by atoms with Crippen molar-refractivity contribution in [1.29, 1.82) is 0 Å². The molecule has 1 aromatic heterocycles. The summed E-state index contributed by atoms with van der Waals surface area (Å²) >= 11 is 3.39. The van der Waals surface area contributed by atoms with Gasteiger partial charge in [-0.1, -0.05) is 0 Å². The average Bonchev–Trinajstić information content (AvgIpc) is 2.51. The Balaban J connectivity index is 2.35. The van der Waals surface area contributed by atoms with Crippen LogP contribution < -0.4 is 5.56 Å². The quantitative estimate of drug-likeness (QED) is 0.655. The summed E-state index contributed by atoms with van der Waals surface area (Å²) in [4.78, 5) is 12.6. The third-order valence-corrected chi connectivity index (χ3v) is 4.05. The van der Waals surface area contributed by atoms with Crippen LogP contribution in [0.4, 0.5) is 0 Å². The Morgan fingerprint density at radius 1 is 1.09 bits per heavy atom. The van der Waals surface area contributed by atoms with Gasteiger partial charge in [0, 0.05) is 21.7 Å². The number of aliphatic hydroxyl groups excluding tert-OH is 1. The lowest BCUT2D eigenvalue weighted by molar-refractivity contribution is 0.281. The van der Waals surface area contributed by atoms with Crippen molar-refractivity contribution >= 4 is 26.7 Å². The molecule has 0 aliphatic carbocycles. The number of benzene rings is 2. The van der Waals surface area contributed by atoms with Crippen LogP contribution in [0, 0.1) is 0 Å². The van der Waals surface area contributed by atoms with Gasteiger partial charge in [0.2, 0.25) is 0 Å².